The highest BCUT2D eigenvalue weighted by molar-refractivity contribution is 6.30. The Morgan fingerprint density at radius 1 is 1.11 bits per heavy atom. The van der Waals surface area contributed by atoms with E-state index in [1.54, 1.807) is 14.1 Å². The van der Waals surface area contributed by atoms with E-state index in [9.17, 15) is 9.59 Å². The summed E-state index contributed by atoms with van der Waals surface area (Å²) in [7, 11) is 4.77. The summed E-state index contributed by atoms with van der Waals surface area (Å²) in [5.41, 5.74) is 4.15. The molecule has 2 aromatic rings. The maximum absolute atomic E-state index is 12.7. The van der Waals surface area contributed by atoms with Gasteiger partial charge in [-0.1, -0.05) is 30.2 Å². The van der Waals surface area contributed by atoms with Gasteiger partial charge >= 0.3 is 5.97 Å². The van der Waals surface area contributed by atoms with Crippen molar-refractivity contribution in [1.82, 2.24) is 4.90 Å². The molecule has 0 unspecified atom stereocenters. The molecule has 0 spiro atoms. The number of amides is 1. The fourth-order valence-corrected chi connectivity index (χ4v) is 5.19. The van der Waals surface area contributed by atoms with E-state index in [0.29, 0.717) is 12.5 Å². The van der Waals surface area contributed by atoms with E-state index in [1.807, 2.05) is 24.3 Å². The zero-order valence-corrected chi connectivity index (χ0v) is 22.4. The lowest BCUT2D eigenvalue weighted by Gasteiger charge is -2.35. The number of rotatable bonds is 6. The van der Waals surface area contributed by atoms with Crippen LogP contribution in [0.1, 0.15) is 61.1 Å². The highest BCUT2D eigenvalue weighted by Crippen LogP contribution is 2.38. The lowest BCUT2D eigenvalue weighted by molar-refractivity contribution is -0.145. The molecule has 1 aliphatic heterocycles. The Bertz CT molecular complexity index is 1080. The van der Waals surface area contributed by atoms with Crippen molar-refractivity contribution in [2.45, 2.75) is 57.5 Å². The molecule has 0 N–H and O–H groups in total. The van der Waals surface area contributed by atoms with Crippen LogP contribution in [0.3, 0.4) is 0 Å². The number of anilines is 1. The summed E-state index contributed by atoms with van der Waals surface area (Å²) < 4.78 is 11.5. The Hall–Kier alpha value is -2.73. The number of hydrogen-bond donors (Lipinski definition) is 0. The van der Waals surface area contributed by atoms with Crippen molar-refractivity contribution < 1.29 is 19.1 Å². The number of benzene rings is 2. The van der Waals surface area contributed by atoms with E-state index in [4.69, 9.17) is 21.1 Å². The van der Waals surface area contributed by atoms with Crippen LogP contribution in [0, 0.1) is 5.92 Å². The molecule has 194 valence electrons. The van der Waals surface area contributed by atoms with Gasteiger partial charge in [0.1, 0.15) is 12.4 Å². The number of fused-ring (bicyclic) bond motifs is 2. The van der Waals surface area contributed by atoms with Gasteiger partial charge in [0.2, 0.25) is 5.91 Å². The molecule has 36 heavy (non-hydrogen) atoms. The van der Waals surface area contributed by atoms with Crippen LogP contribution in [0.5, 0.6) is 5.75 Å². The van der Waals surface area contributed by atoms with Crippen molar-refractivity contribution in [3.63, 3.8) is 0 Å². The van der Waals surface area contributed by atoms with Gasteiger partial charge in [0, 0.05) is 38.6 Å². The van der Waals surface area contributed by atoms with Crippen molar-refractivity contribution in [2.24, 2.45) is 5.92 Å². The van der Waals surface area contributed by atoms with E-state index in [2.05, 4.69) is 17.0 Å². The molecule has 0 aromatic heterocycles. The van der Waals surface area contributed by atoms with Crippen LogP contribution < -0.4 is 9.64 Å². The van der Waals surface area contributed by atoms with Crippen LogP contribution in [0.4, 0.5) is 5.69 Å². The second-order valence-corrected chi connectivity index (χ2v) is 10.6. The van der Waals surface area contributed by atoms with E-state index >= 15 is 0 Å². The number of nitrogens with zero attached hydrogens (tertiary/aromatic N) is 2. The molecule has 1 heterocycles. The van der Waals surface area contributed by atoms with Gasteiger partial charge in [-0.05, 0) is 79.0 Å². The number of esters is 1. The van der Waals surface area contributed by atoms with Gasteiger partial charge < -0.3 is 19.3 Å². The standard InChI is InChI=1S/C29H37ClN2O4/c1-31(2)28(33)17-25(29(34)35-3)22-11-13-27-26(16-22)32(18-20-7-6-8-20)14-5-4-9-21-15-24(30)12-10-23(21)19-36-27/h10-13,15-16,20,25H,4-9,14,17-19H2,1-3H3/t25-/m0/s1. The van der Waals surface area contributed by atoms with Crippen LogP contribution in [0.25, 0.3) is 0 Å². The zero-order chi connectivity index (χ0) is 25.7. The third-order valence-corrected chi connectivity index (χ3v) is 7.70. The number of carbonyl (C=O) groups is 2. The van der Waals surface area contributed by atoms with Crippen molar-refractivity contribution in [3.8, 4) is 5.75 Å². The van der Waals surface area contributed by atoms with Gasteiger partial charge in [0.15, 0.2) is 0 Å². The maximum atomic E-state index is 12.7. The molecule has 4 rings (SSSR count). The average Bonchev–Trinajstić information content (AvgIpc) is 2.87. The molecule has 2 aliphatic rings. The lowest BCUT2D eigenvalue weighted by Crippen LogP contribution is -2.34. The van der Waals surface area contributed by atoms with Crippen LogP contribution in [0.15, 0.2) is 36.4 Å². The fraction of sp³-hybridized carbons (Fsp3) is 0.517. The Labute approximate surface area is 219 Å². The average molecular weight is 513 g/mol. The van der Waals surface area contributed by atoms with Gasteiger partial charge in [0.25, 0.3) is 0 Å². The van der Waals surface area contributed by atoms with Crippen LogP contribution in [0.2, 0.25) is 5.02 Å². The van der Waals surface area contributed by atoms with Gasteiger partial charge in [0.05, 0.1) is 18.7 Å². The monoisotopic (exact) mass is 512 g/mol. The minimum Gasteiger partial charge on any atom is -0.487 e. The van der Waals surface area contributed by atoms with Crippen LogP contribution >= 0.6 is 11.6 Å². The summed E-state index contributed by atoms with van der Waals surface area (Å²) >= 11 is 6.29. The van der Waals surface area contributed by atoms with E-state index < -0.39 is 11.9 Å². The lowest BCUT2D eigenvalue weighted by atomic mass is 9.85. The van der Waals surface area contributed by atoms with Gasteiger partial charge in [-0.25, -0.2) is 0 Å². The van der Waals surface area contributed by atoms with Crippen LogP contribution in [-0.2, 0) is 27.4 Å². The molecule has 6 nitrogen and oxygen atoms in total. The first-order valence-corrected chi connectivity index (χ1v) is 13.3. The van der Waals surface area contributed by atoms with E-state index in [-0.39, 0.29) is 12.3 Å². The Morgan fingerprint density at radius 3 is 2.61 bits per heavy atom. The highest BCUT2D eigenvalue weighted by Gasteiger charge is 2.28. The molecule has 1 atom stereocenters. The molecule has 2 aromatic carbocycles. The van der Waals surface area contributed by atoms with Crippen molar-refractivity contribution in [3.05, 3.63) is 58.1 Å². The molecule has 0 bridgehead atoms. The number of hydrogen-bond acceptors (Lipinski definition) is 5. The third-order valence-electron chi connectivity index (χ3n) is 7.47. The number of aryl methyl sites for hydroxylation is 1. The summed E-state index contributed by atoms with van der Waals surface area (Å²) in [6, 6.07) is 11.9. The summed E-state index contributed by atoms with van der Waals surface area (Å²) in [6.07, 6.45) is 6.92. The van der Waals surface area contributed by atoms with Crippen molar-refractivity contribution >= 4 is 29.2 Å². The summed E-state index contributed by atoms with van der Waals surface area (Å²) in [6.45, 7) is 2.33. The maximum Gasteiger partial charge on any atom is 0.313 e. The molecule has 1 saturated carbocycles. The summed E-state index contributed by atoms with van der Waals surface area (Å²) in [5, 5.41) is 0.751. The smallest absolute Gasteiger partial charge is 0.313 e. The summed E-state index contributed by atoms with van der Waals surface area (Å²) in [4.78, 5) is 29.2. The third kappa shape index (κ3) is 6.33. The Balaban J connectivity index is 1.71. The Kier molecular flexibility index (Phi) is 8.78. The van der Waals surface area contributed by atoms with Crippen LogP contribution in [-0.4, -0.2) is 51.1 Å². The van der Waals surface area contributed by atoms with E-state index in [0.717, 1.165) is 59.9 Å². The number of methoxy groups -OCH3 is 1. The van der Waals surface area contributed by atoms with Gasteiger partial charge in [-0.2, -0.15) is 0 Å². The number of ether oxygens (including phenoxy) is 2. The zero-order valence-electron chi connectivity index (χ0n) is 21.6. The fourth-order valence-electron chi connectivity index (χ4n) is 5.00. The van der Waals surface area contributed by atoms with Gasteiger partial charge in [-0.3, -0.25) is 9.59 Å². The second-order valence-electron chi connectivity index (χ2n) is 10.2. The minimum atomic E-state index is -0.665. The molecule has 1 fully saturated rings. The quantitative estimate of drug-likeness (QED) is 0.472. The molecule has 0 radical (unpaired) electrons. The first-order valence-electron chi connectivity index (χ1n) is 12.9. The minimum absolute atomic E-state index is 0.0656. The second kappa shape index (κ2) is 12.0. The molecular weight excluding hydrogens is 476 g/mol. The molecule has 0 saturated heterocycles. The predicted molar refractivity (Wildman–Crippen MR) is 143 cm³/mol. The number of carbonyl (C=O) groups excluding carboxylic acids is 2. The first-order chi connectivity index (χ1) is 17.4. The molecular formula is C29H37ClN2O4. The number of halogens is 1. The predicted octanol–water partition coefficient (Wildman–Crippen LogP) is 5.60. The largest absolute Gasteiger partial charge is 0.487 e. The molecule has 7 heteroatoms. The topological polar surface area (TPSA) is 59.1 Å². The first kappa shape index (κ1) is 26.3. The SMILES string of the molecule is COC(=O)[C@@H](CC(=O)N(C)C)c1ccc2c(c1)N(CC1CCC1)CCCCc1cc(Cl)ccc1CO2. The normalized spacial score (nSPS) is 16.9. The highest BCUT2D eigenvalue weighted by atomic mass is 35.5. The molecule has 1 aliphatic carbocycles. The molecule has 1 amide bonds. The Morgan fingerprint density at radius 2 is 1.92 bits per heavy atom. The summed E-state index contributed by atoms with van der Waals surface area (Å²) in [5.74, 6) is 0.290. The van der Waals surface area contributed by atoms with Crippen molar-refractivity contribution in [1.29, 1.82) is 0 Å². The van der Waals surface area contributed by atoms with E-state index in [1.165, 1.54) is 36.8 Å². The van der Waals surface area contributed by atoms with Crippen molar-refractivity contribution in [2.75, 3.05) is 39.2 Å². The van der Waals surface area contributed by atoms with Gasteiger partial charge in [-0.15, -0.1) is 0 Å².